The van der Waals surface area contributed by atoms with Gasteiger partial charge in [0, 0.05) is 26.6 Å². The lowest BCUT2D eigenvalue weighted by Crippen LogP contribution is -2.62. The highest BCUT2D eigenvalue weighted by Gasteiger charge is 2.37. The summed E-state index contributed by atoms with van der Waals surface area (Å²) >= 11 is 0. The van der Waals surface area contributed by atoms with Crippen molar-refractivity contribution in [1.29, 1.82) is 5.41 Å². The van der Waals surface area contributed by atoms with Crippen LogP contribution in [-0.4, -0.2) is 46.8 Å². The number of nitrogens with zero attached hydrogens (tertiary/aromatic N) is 4. The van der Waals surface area contributed by atoms with Gasteiger partial charge in [-0.25, -0.2) is 15.1 Å². The number of nitro groups is 1. The number of hydrazine groups is 3. The van der Waals surface area contributed by atoms with Crippen molar-refractivity contribution in [2.75, 3.05) is 20.6 Å². The Balaban J connectivity index is 2.84. The Morgan fingerprint density at radius 3 is 2.64 bits per heavy atom. The smallest absolute Gasteiger partial charge is 0.198 e. The fourth-order valence-corrected chi connectivity index (χ4v) is 1.62. The minimum Gasteiger partial charge on any atom is -0.287 e. The summed E-state index contributed by atoms with van der Waals surface area (Å²) in [7, 11) is 3.18. The third-order valence-electron chi connectivity index (χ3n) is 2.43. The molecule has 1 N–H and O–H groups in total. The predicted molar refractivity (Wildman–Crippen MR) is 50.7 cm³/mol. The summed E-state index contributed by atoms with van der Waals surface area (Å²) in [6, 6.07) is 0. The minimum absolute atomic E-state index is 0.0706. The van der Waals surface area contributed by atoms with E-state index in [0.717, 1.165) is 11.6 Å². The fraction of sp³-hybridized carbons (Fsp3) is 0.857. The summed E-state index contributed by atoms with van der Waals surface area (Å²) in [5, 5.41) is 21.5. The largest absolute Gasteiger partial charge is 0.287 e. The first-order valence-electron chi connectivity index (χ1n) is 4.46. The molecule has 1 unspecified atom stereocenters. The summed E-state index contributed by atoms with van der Waals surface area (Å²) < 4.78 is 0. The first kappa shape index (κ1) is 10.7. The average molecular weight is 201 g/mol. The molecule has 7 heteroatoms. The third-order valence-corrected chi connectivity index (χ3v) is 2.43. The lowest BCUT2D eigenvalue weighted by atomic mass is 10.0. The summed E-state index contributed by atoms with van der Waals surface area (Å²) in [6.45, 7) is 2.49. The Bertz CT molecular complexity index is 256. The summed E-state index contributed by atoms with van der Waals surface area (Å²) in [5.74, 6) is 0.364. The standard InChI is InChI=1S/C7H15N5O2/c1-4-6-5-9(2)11(12(13)14)10(3)7(6)8/h6,8H,4-5H2,1-3H3. The van der Waals surface area contributed by atoms with Crippen molar-refractivity contribution >= 4 is 5.84 Å². The zero-order valence-electron chi connectivity index (χ0n) is 8.60. The lowest BCUT2D eigenvalue weighted by molar-refractivity contribution is -0.737. The monoisotopic (exact) mass is 201 g/mol. The SMILES string of the molecule is CCC1CN(C)N([N+](=O)[O-])N(C)C1=N. The molecule has 1 heterocycles. The maximum atomic E-state index is 10.7. The van der Waals surface area contributed by atoms with Crippen LogP contribution in [0.5, 0.6) is 0 Å². The van der Waals surface area contributed by atoms with E-state index >= 15 is 0 Å². The Morgan fingerprint density at radius 1 is 1.64 bits per heavy atom. The normalized spacial score (nSPS) is 24.2. The first-order chi connectivity index (χ1) is 6.49. The molecule has 1 atom stereocenters. The predicted octanol–water partition coefficient (Wildman–Crippen LogP) is 0.191. The van der Waals surface area contributed by atoms with Crippen molar-refractivity contribution in [2.24, 2.45) is 5.92 Å². The second-order valence-electron chi connectivity index (χ2n) is 3.36. The summed E-state index contributed by atoms with van der Waals surface area (Å²) in [5.41, 5.74) is 0. The summed E-state index contributed by atoms with van der Waals surface area (Å²) in [4.78, 5) is 10.7. The quantitative estimate of drug-likeness (QED) is 0.510. The van der Waals surface area contributed by atoms with Gasteiger partial charge < -0.3 is 0 Å². The van der Waals surface area contributed by atoms with Crippen LogP contribution >= 0.6 is 0 Å². The molecule has 0 aromatic heterocycles. The van der Waals surface area contributed by atoms with Gasteiger partial charge in [0.2, 0.25) is 0 Å². The summed E-state index contributed by atoms with van der Waals surface area (Å²) in [6.07, 6.45) is 0.819. The van der Waals surface area contributed by atoms with Crippen molar-refractivity contribution in [2.45, 2.75) is 13.3 Å². The first-order valence-corrected chi connectivity index (χ1v) is 4.46. The number of hydrogen-bond donors (Lipinski definition) is 1. The fourth-order valence-electron chi connectivity index (χ4n) is 1.62. The maximum absolute atomic E-state index is 10.7. The van der Waals surface area contributed by atoms with Crippen molar-refractivity contribution in [3.63, 3.8) is 0 Å². The Hall–Kier alpha value is -1.37. The molecule has 0 aliphatic carbocycles. The molecule has 1 aliphatic rings. The number of nitrogens with one attached hydrogen (secondary N) is 1. The van der Waals surface area contributed by atoms with E-state index in [0.29, 0.717) is 12.4 Å². The van der Waals surface area contributed by atoms with Crippen LogP contribution in [0.15, 0.2) is 0 Å². The van der Waals surface area contributed by atoms with E-state index in [2.05, 4.69) is 0 Å². The van der Waals surface area contributed by atoms with Gasteiger partial charge in [-0.2, -0.15) is 0 Å². The van der Waals surface area contributed by atoms with E-state index in [1.54, 1.807) is 7.05 Å². The van der Waals surface area contributed by atoms with Gasteiger partial charge in [-0.15, -0.1) is 5.01 Å². The van der Waals surface area contributed by atoms with Crippen molar-refractivity contribution in [1.82, 2.24) is 15.2 Å². The third kappa shape index (κ3) is 1.63. The molecule has 1 rings (SSSR count). The molecule has 1 saturated heterocycles. The zero-order chi connectivity index (χ0) is 10.9. The van der Waals surface area contributed by atoms with Crippen molar-refractivity contribution in [3.8, 4) is 0 Å². The maximum Gasteiger partial charge on any atom is 0.198 e. The molecular formula is C7H15N5O2. The second kappa shape index (κ2) is 3.79. The van der Waals surface area contributed by atoms with Gasteiger partial charge in [-0.1, -0.05) is 6.92 Å². The Kier molecular flexibility index (Phi) is 2.90. The highest BCUT2D eigenvalue weighted by atomic mass is 16.7. The van der Waals surface area contributed by atoms with Gasteiger partial charge in [0.25, 0.3) is 0 Å². The van der Waals surface area contributed by atoms with Crippen LogP contribution < -0.4 is 0 Å². The van der Waals surface area contributed by atoms with Crippen LogP contribution in [0.1, 0.15) is 13.3 Å². The van der Waals surface area contributed by atoms with Crippen molar-refractivity contribution < 1.29 is 5.03 Å². The zero-order valence-corrected chi connectivity index (χ0v) is 8.60. The van der Waals surface area contributed by atoms with E-state index in [4.69, 9.17) is 5.41 Å². The Morgan fingerprint density at radius 2 is 2.21 bits per heavy atom. The molecule has 0 bridgehead atoms. The Labute approximate surface area is 82.5 Å². The van der Waals surface area contributed by atoms with E-state index in [1.807, 2.05) is 6.92 Å². The van der Waals surface area contributed by atoms with Crippen molar-refractivity contribution in [3.05, 3.63) is 10.1 Å². The molecule has 0 amide bonds. The highest BCUT2D eigenvalue weighted by Crippen LogP contribution is 2.18. The van der Waals surface area contributed by atoms with Gasteiger partial charge in [0.1, 0.15) is 5.84 Å². The van der Waals surface area contributed by atoms with Crippen LogP contribution in [0.25, 0.3) is 0 Å². The van der Waals surface area contributed by atoms with E-state index in [-0.39, 0.29) is 5.92 Å². The van der Waals surface area contributed by atoms with Crippen LogP contribution in [-0.2, 0) is 0 Å². The molecule has 1 aliphatic heterocycles. The molecular weight excluding hydrogens is 186 g/mol. The van der Waals surface area contributed by atoms with Crippen LogP contribution in [0.2, 0.25) is 0 Å². The number of hydrogen-bond acceptors (Lipinski definition) is 4. The van der Waals surface area contributed by atoms with Gasteiger partial charge in [0.05, 0.1) is 5.23 Å². The molecule has 0 radical (unpaired) electrons. The van der Waals surface area contributed by atoms with Crippen LogP contribution in [0, 0.1) is 21.4 Å². The molecule has 7 nitrogen and oxygen atoms in total. The van der Waals surface area contributed by atoms with Gasteiger partial charge in [-0.05, 0) is 6.42 Å². The van der Waals surface area contributed by atoms with Gasteiger partial charge in [0.15, 0.2) is 5.03 Å². The second-order valence-corrected chi connectivity index (χ2v) is 3.36. The van der Waals surface area contributed by atoms with Gasteiger partial charge >= 0.3 is 0 Å². The van der Waals surface area contributed by atoms with E-state index in [1.165, 1.54) is 17.1 Å². The molecule has 14 heavy (non-hydrogen) atoms. The molecule has 0 aromatic rings. The molecule has 80 valence electrons. The number of amidine groups is 1. The van der Waals surface area contributed by atoms with Crippen LogP contribution in [0.3, 0.4) is 0 Å². The molecule has 1 fully saturated rings. The lowest BCUT2D eigenvalue weighted by Gasteiger charge is -2.39. The average Bonchev–Trinajstić information content (AvgIpc) is 2.10. The van der Waals surface area contributed by atoms with Gasteiger partial charge in [-0.3, -0.25) is 5.41 Å². The highest BCUT2D eigenvalue weighted by molar-refractivity contribution is 5.81. The molecule has 0 aromatic carbocycles. The molecule has 0 spiro atoms. The van der Waals surface area contributed by atoms with Crippen LogP contribution in [0.4, 0.5) is 0 Å². The topological polar surface area (TPSA) is 76.7 Å². The number of rotatable bonds is 2. The molecule has 0 saturated carbocycles. The minimum atomic E-state index is -0.527. The van der Waals surface area contributed by atoms with E-state index in [9.17, 15) is 10.1 Å². The van der Waals surface area contributed by atoms with E-state index < -0.39 is 5.03 Å².